The summed E-state index contributed by atoms with van der Waals surface area (Å²) in [4.78, 5) is 10.1. The lowest BCUT2D eigenvalue weighted by atomic mass is 10.1. The molecule has 1 rings (SSSR count). The molecule has 0 unspecified atom stereocenters. The zero-order valence-corrected chi connectivity index (χ0v) is 8.04. The smallest absolute Gasteiger partial charge is 0.123 e. The maximum atomic E-state index is 10.1. The number of aldehydes is 1. The van der Waals surface area contributed by atoms with Crippen LogP contribution in [0.5, 0.6) is 5.75 Å². The Labute approximate surface area is 78.5 Å². The van der Waals surface area contributed by atoms with Crippen LogP contribution in [0.3, 0.4) is 0 Å². The van der Waals surface area contributed by atoms with Crippen LogP contribution in [0, 0.1) is 13.8 Å². The number of hydrogen-bond donors (Lipinski definition) is 0. The highest BCUT2D eigenvalue weighted by Gasteiger charge is 1.98. The number of aryl methyl sites for hydroxylation is 2. The van der Waals surface area contributed by atoms with Gasteiger partial charge in [0.15, 0.2) is 0 Å². The van der Waals surface area contributed by atoms with Crippen LogP contribution < -0.4 is 4.74 Å². The van der Waals surface area contributed by atoms with Crippen LogP contribution in [0.4, 0.5) is 0 Å². The lowest BCUT2D eigenvalue weighted by Crippen LogP contribution is -1.99. The number of carbonyl (C=O) groups is 1. The van der Waals surface area contributed by atoms with Crippen molar-refractivity contribution < 1.29 is 9.53 Å². The van der Waals surface area contributed by atoms with E-state index in [0.717, 1.165) is 17.6 Å². The molecule has 0 aliphatic rings. The molecule has 0 spiro atoms. The van der Waals surface area contributed by atoms with Crippen molar-refractivity contribution in [2.24, 2.45) is 0 Å². The second-order valence-corrected chi connectivity index (χ2v) is 3.07. The third-order valence-electron chi connectivity index (χ3n) is 1.84. The van der Waals surface area contributed by atoms with Crippen LogP contribution in [0.25, 0.3) is 0 Å². The van der Waals surface area contributed by atoms with Gasteiger partial charge in [-0.05, 0) is 31.0 Å². The number of hydrogen-bond acceptors (Lipinski definition) is 2. The van der Waals surface area contributed by atoms with Crippen molar-refractivity contribution in [2.45, 2.75) is 20.3 Å². The molecule has 0 saturated carbocycles. The Balaban J connectivity index is 2.64. The molecule has 0 aliphatic heterocycles. The standard InChI is InChI=1S/C11H14O2/c1-9-4-5-10(2)11(8-9)13-7-3-6-12/h4-6,8H,3,7H2,1-2H3. The minimum Gasteiger partial charge on any atom is -0.493 e. The fourth-order valence-electron chi connectivity index (χ4n) is 1.08. The van der Waals surface area contributed by atoms with Crippen molar-refractivity contribution in [3.05, 3.63) is 29.3 Å². The first kappa shape index (κ1) is 9.78. The molecule has 1 aromatic rings. The molecule has 0 aromatic heterocycles. The Kier molecular flexibility index (Phi) is 3.50. The summed E-state index contributed by atoms with van der Waals surface area (Å²) in [6, 6.07) is 6.05. The van der Waals surface area contributed by atoms with Gasteiger partial charge >= 0.3 is 0 Å². The summed E-state index contributed by atoms with van der Waals surface area (Å²) in [5, 5.41) is 0. The van der Waals surface area contributed by atoms with E-state index in [0.29, 0.717) is 13.0 Å². The summed E-state index contributed by atoms with van der Waals surface area (Å²) in [7, 11) is 0. The first-order valence-corrected chi connectivity index (χ1v) is 4.37. The predicted octanol–water partition coefficient (Wildman–Crippen LogP) is 2.27. The van der Waals surface area contributed by atoms with E-state index in [1.54, 1.807) is 0 Å². The molecule has 2 heteroatoms. The van der Waals surface area contributed by atoms with Crippen LogP contribution in [-0.2, 0) is 4.79 Å². The molecule has 0 amide bonds. The van der Waals surface area contributed by atoms with Crippen LogP contribution in [0.1, 0.15) is 17.5 Å². The first-order chi connectivity index (χ1) is 6.24. The first-order valence-electron chi connectivity index (χ1n) is 4.37. The summed E-state index contributed by atoms with van der Waals surface area (Å²) in [5.41, 5.74) is 2.28. The lowest BCUT2D eigenvalue weighted by Gasteiger charge is -2.07. The van der Waals surface area contributed by atoms with Crippen LogP contribution in [0.2, 0.25) is 0 Å². The van der Waals surface area contributed by atoms with Crippen LogP contribution in [0.15, 0.2) is 18.2 Å². The van der Waals surface area contributed by atoms with Gasteiger partial charge in [-0.15, -0.1) is 0 Å². The second-order valence-electron chi connectivity index (χ2n) is 3.07. The third-order valence-corrected chi connectivity index (χ3v) is 1.84. The van der Waals surface area contributed by atoms with E-state index < -0.39 is 0 Å². The maximum Gasteiger partial charge on any atom is 0.123 e. The maximum absolute atomic E-state index is 10.1. The fraction of sp³-hybridized carbons (Fsp3) is 0.364. The Morgan fingerprint density at radius 2 is 2.15 bits per heavy atom. The number of carbonyl (C=O) groups excluding carboxylic acids is 1. The van der Waals surface area contributed by atoms with Crippen molar-refractivity contribution >= 4 is 6.29 Å². The minimum atomic E-state index is 0.452. The van der Waals surface area contributed by atoms with E-state index in [4.69, 9.17) is 4.74 Å². The van der Waals surface area contributed by atoms with E-state index in [-0.39, 0.29) is 0 Å². The molecular weight excluding hydrogens is 164 g/mol. The van der Waals surface area contributed by atoms with Crippen LogP contribution >= 0.6 is 0 Å². The predicted molar refractivity (Wildman–Crippen MR) is 52.1 cm³/mol. The zero-order chi connectivity index (χ0) is 9.68. The molecular formula is C11H14O2. The quantitative estimate of drug-likeness (QED) is 0.522. The molecule has 2 nitrogen and oxygen atoms in total. The zero-order valence-electron chi connectivity index (χ0n) is 8.04. The summed E-state index contributed by atoms with van der Waals surface area (Å²) >= 11 is 0. The van der Waals surface area contributed by atoms with E-state index >= 15 is 0 Å². The monoisotopic (exact) mass is 178 g/mol. The van der Waals surface area contributed by atoms with Crippen molar-refractivity contribution in [3.63, 3.8) is 0 Å². The topological polar surface area (TPSA) is 26.3 Å². The molecule has 0 heterocycles. The van der Waals surface area contributed by atoms with E-state index in [9.17, 15) is 4.79 Å². The third kappa shape index (κ3) is 2.90. The molecule has 0 aliphatic carbocycles. The average molecular weight is 178 g/mol. The van der Waals surface area contributed by atoms with Gasteiger partial charge in [0, 0.05) is 6.42 Å². The van der Waals surface area contributed by atoms with Crippen LogP contribution in [-0.4, -0.2) is 12.9 Å². The summed E-state index contributed by atoms with van der Waals surface area (Å²) in [6.45, 7) is 4.48. The largest absolute Gasteiger partial charge is 0.493 e. The minimum absolute atomic E-state index is 0.452. The molecule has 0 bridgehead atoms. The van der Waals surface area contributed by atoms with Gasteiger partial charge in [0.2, 0.25) is 0 Å². The van der Waals surface area contributed by atoms with Gasteiger partial charge in [-0.1, -0.05) is 12.1 Å². The van der Waals surface area contributed by atoms with Gasteiger partial charge in [0.25, 0.3) is 0 Å². The second kappa shape index (κ2) is 4.65. The molecule has 0 fully saturated rings. The fourth-order valence-corrected chi connectivity index (χ4v) is 1.08. The van der Waals surface area contributed by atoms with Gasteiger partial charge in [0.1, 0.15) is 12.0 Å². The lowest BCUT2D eigenvalue weighted by molar-refractivity contribution is -0.108. The molecule has 0 N–H and O–H groups in total. The molecule has 0 atom stereocenters. The van der Waals surface area contributed by atoms with Crippen molar-refractivity contribution in [1.82, 2.24) is 0 Å². The van der Waals surface area contributed by atoms with Gasteiger partial charge in [-0.2, -0.15) is 0 Å². The summed E-state index contributed by atoms with van der Waals surface area (Å²) in [5.74, 6) is 0.877. The Morgan fingerprint density at radius 1 is 1.38 bits per heavy atom. The van der Waals surface area contributed by atoms with E-state index in [1.165, 1.54) is 5.56 Å². The van der Waals surface area contributed by atoms with Crippen molar-refractivity contribution in [1.29, 1.82) is 0 Å². The van der Waals surface area contributed by atoms with E-state index in [1.807, 2.05) is 32.0 Å². The molecule has 1 aromatic carbocycles. The van der Waals surface area contributed by atoms with Gasteiger partial charge in [0.05, 0.1) is 6.61 Å². The Hall–Kier alpha value is -1.31. The molecule has 13 heavy (non-hydrogen) atoms. The average Bonchev–Trinajstić information content (AvgIpc) is 2.11. The highest BCUT2D eigenvalue weighted by atomic mass is 16.5. The summed E-state index contributed by atoms with van der Waals surface area (Å²) in [6.07, 6.45) is 1.32. The molecule has 0 radical (unpaired) electrons. The van der Waals surface area contributed by atoms with E-state index in [2.05, 4.69) is 0 Å². The highest BCUT2D eigenvalue weighted by molar-refractivity contribution is 5.49. The molecule has 0 saturated heterocycles. The SMILES string of the molecule is Cc1ccc(C)c(OCCC=O)c1. The Bertz CT molecular complexity index is 292. The number of ether oxygens (including phenoxy) is 1. The number of benzene rings is 1. The van der Waals surface area contributed by atoms with Gasteiger partial charge in [-0.3, -0.25) is 0 Å². The summed E-state index contributed by atoms with van der Waals surface area (Å²) < 4.78 is 5.43. The Morgan fingerprint density at radius 3 is 2.85 bits per heavy atom. The van der Waals surface area contributed by atoms with Gasteiger partial charge < -0.3 is 9.53 Å². The number of rotatable bonds is 4. The normalized spacial score (nSPS) is 9.69. The highest BCUT2D eigenvalue weighted by Crippen LogP contribution is 2.18. The van der Waals surface area contributed by atoms with Crippen molar-refractivity contribution in [2.75, 3.05) is 6.61 Å². The van der Waals surface area contributed by atoms with Gasteiger partial charge in [-0.25, -0.2) is 0 Å². The van der Waals surface area contributed by atoms with Crippen molar-refractivity contribution in [3.8, 4) is 5.75 Å². The molecule has 70 valence electrons.